The molecule has 2 aromatic heterocycles. The molecule has 6 nitrogen and oxygen atoms in total. The zero-order chi connectivity index (χ0) is 15.2. The fraction of sp³-hybridized carbons (Fsp3) is 0.400. The van der Waals surface area contributed by atoms with E-state index < -0.39 is 0 Å². The predicted octanol–water partition coefficient (Wildman–Crippen LogP) is 2.05. The molecule has 0 saturated carbocycles. The molecule has 0 aliphatic heterocycles. The maximum Gasteiger partial charge on any atom is 0.273 e. The van der Waals surface area contributed by atoms with Crippen LogP contribution in [-0.4, -0.2) is 15.9 Å². The van der Waals surface area contributed by atoms with Crippen LogP contribution in [0.4, 0.5) is 0 Å². The van der Waals surface area contributed by atoms with Crippen LogP contribution in [0.1, 0.15) is 48.4 Å². The summed E-state index contributed by atoms with van der Waals surface area (Å²) in [5.41, 5.74) is 7.00. The second kappa shape index (κ2) is 6.99. The fourth-order valence-corrected chi connectivity index (χ4v) is 1.93. The Morgan fingerprint density at radius 2 is 2.24 bits per heavy atom. The average molecular weight is 288 g/mol. The lowest BCUT2D eigenvalue weighted by molar-refractivity contribution is 0.0945. The molecule has 2 heterocycles. The highest BCUT2D eigenvalue weighted by Gasteiger charge is 2.17. The molecule has 2 aromatic rings. The van der Waals surface area contributed by atoms with E-state index in [1.54, 1.807) is 6.20 Å². The summed E-state index contributed by atoms with van der Waals surface area (Å²) in [4.78, 5) is 20.3. The average Bonchev–Trinajstić information content (AvgIpc) is 2.95. The van der Waals surface area contributed by atoms with Gasteiger partial charge in [-0.1, -0.05) is 19.9 Å². The number of carbonyl (C=O) groups excluding carboxylic acids is 1. The van der Waals surface area contributed by atoms with E-state index in [1.807, 2.05) is 18.2 Å². The van der Waals surface area contributed by atoms with Crippen LogP contribution >= 0.6 is 0 Å². The summed E-state index contributed by atoms with van der Waals surface area (Å²) in [6.45, 7) is 4.49. The third-order valence-electron chi connectivity index (χ3n) is 2.95. The Morgan fingerprint density at radius 1 is 1.43 bits per heavy atom. The Morgan fingerprint density at radius 3 is 2.90 bits per heavy atom. The quantitative estimate of drug-likeness (QED) is 0.848. The van der Waals surface area contributed by atoms with E-state index in [2.05, 4.69) is 29.1 Å². The fourth-order valence-electron chi connectivity index (χ4n) is 1.93. The van der Waals surface area contributed by atoms with Gasteiger partial charge in [0.2, 0.25) is 5.89 Å². The SMILES string of the molecule is CC(C)CC(N)c1nc(C(=O)NCc2ccccn2)co1. The topological polar surface area (TPSA) is 94.0 Å². The summed E-state index contributed by atoms with van der Waals surface area (Å²) >= 11 is 0. The Balaban J connectivity index is 1.93. The third kappa shape index (κ3) is 4.39. The normalized spacial score (nSPS) is 12.4. The molecule has 1 atom stereocenters. The first-order valence-corrected chi connectivity index (χ1v) is 6.95. The molecule has 0 bridgehead atoms. The van der Waals surface area contributed by atoms with Gasteiger partial charge >= 0.3 is 0 Å². The molecule has 2 rings (SSSR count). The molecule has 112 valence electrons. The summed E-state index contributed by atoms with van der Waals surface area (Å²) in [5, 5.41) is 2.74. The first-order chi connectivity index (χ1) is 10.1. The highest BCUT2D eigenvalue weighted by molar-refractivity contribution is 5.91. The van der Waals surface area contributed by atoms with E-state index in [4.69, 9.17) is 10.2 Å². The Labute approximate surface area is 123 Å². The van der Waals surface area contributed by atoms with Crippen LogP contribution in [0, 0.1) is 5.92 Å². The summed E-state index contributed by atoms with van der Waals surface area (Å²) in [6, 6.07) is 5.24. The molecule has 3 N–H and O–H groups in total. The van der Waals surface area contributed by atoms with Crippen molar-refractivity contribution in [1.82, 2.24) is 15.3 Å². The van der Waals surface area contributed by atoms with E-state index in [9.17, 15) is 4.79 Å². The Hall–Kier alpha value is -2.21. The molecule has 0 saturated heterocycles. The number of oxazole rings is 1. The lowest BCUT2D eigenvalue weighted by atomic mass is 10.0. The smallest absolute Gasteiger partial charge is 0.273 e. The molecule has 21 heavy (non-hydrogen) atoms. The van der Waals surface area contributed by atoms with Gasteiger partial charge < -0.3 is 15.5 Å². The zero-order valence-corrected chi connectivity index (χ0v) is 12.2. The molecule has 0 spiro atoms. The van der Waals surface area contributed by atoms with Crippen molar-refractivity contribution in [3.05, 3.63) is 47.9 Å². The summed E-state index contributed by atoms with van der Waals surface area (Å²) in [7, 11) is 0. The van der Waals surface area contributed by atoms with Gasteiger partial charge in [-0.2, -0.15) is 0 Å². The number of pyridine rings is 1. The molecule has 0 aliphatic carbocycles. The van der Waals surface area contributed by atoms with Crippen molar-refractivity contribution in [2.75, 3.05) is 0 Å². The number of hydrogen-bond donors (Lipinski definition) is 2. The first-order valence-electron chi connectivity index (χ1n) is 6.95. The van der Waals surface area contributed by atoms with E-state index in [0.717, 1.165) is 12.1 Å². The lowest BCUT2D eigenvalue weighted by Crippen LogP contribution is -2.24. The van der Waals surface area contributed by atoms with Crippen molar-refractivity contribution in [2.24, 2.45) is 11.7 Å². The van der Waals surface area contributed by atoms with Gasteiger partial charge in [0.1, 0.15) is 6.26 Å². The van der Waals surface area contributed by atoms with Gasteiger partial charge in [0.15, 0.2) is 5.69 Å². The van der Waals surface area contributed by atoms with Crippen molar-refractivity contribution in [3.63, 3.8) is 0 Å². The molecule has 0 radical (unpaired) electrons. The van der Waals surface area contributed by atoms with Gasteiger partial charge in [-0.15, -0.1) is 0 Å². The van der Waals surface area contributed by atoms with Crippen molar-refractivity contribution in [3.8, 4) is 0 Å². The Kier molecular flexibility index (Phi) is 5.05. The van der Waals surface area contributed by atoms with Crippen LogP contribution in [0.3, 0.4) is 0 Å². The van der Waals surface area contributed by atoms with Gasteiger partial charge in [0.05, 0.1) is 18.3 Å². The van der Waals surface area contributed by atoms with Gasteiger partial charge in [0.25, 0.3) is 5.91 Å². The number of amides is 1. The number of rotatable bonds is 6. The van der Waals surface area contributed by atoms with Crippen LogP contribution in [0.5, 0.6) is 0 Å². The minimum atomic E-state index is -0.299. The van der Waals surface area contributed by atoms with E-state index in [0.29, 0.717) is 18.4 Å². The second-order valence-corrected chi connectivity index (χ2v) is 5.31. The number of nitrogens with zero attached hydrogens (tertiary/aromatic N) is 2. The lowest BCUT2D eigenvalue weighted by Gasteiger charge is -2.09. The van der Waals surface area contributed by atoms with Crippen LogP contribution in [0.25, 0.3) is 0 Å². The van der Waals surface area contributed by atoms with Crippen molar-refractivity contribution < 1.29 is 9.21 Å². The van der Waals surface area contributed by atoms with Gasteiger partial charge in [-0.3, -0.25) is 9.78 Å². The van der Waals surface area contributed by atoms with Crippen molar-refractivity contribution in [1.29, 1.82) is 0 Å². The second-order valence-electron chi connectivity index (χ2n) is 5.31. The van der Waals surface area contributed by atoms with Gasteiger partial charge in [0, 0.05) is 6.20 Å². The molecule has 0 aromatic carbocycles. The molecular formula is C15H20N4O2. The summed E-state index contributed by atoms with van der Waals surface area (Å²) in [6.07, 6.45) is 3.78. The zero-order valence-electron chi connectivity index (χ0n) is 12.2. The largest absolute Gasteiger partial charge is 0.446 e. The summed E-state index contributed by atoms with van der Waals surface area (Å²) < 4.78 is 5.29. The minimum Gasteiger partial charge on any atom is -0.446 e. The van der Waals surface area contributed by atoms with Crippen LogP contribution in [-0.2, 0) is 6.54 Å². The van der Waals surface area contributed by atoms with Crippen LogP contribution in [0.15, 0.2) is 35.1 Å². The standard InChI is InChI=1S/C15H20N4O2/c1-10(2)7-12(16)15-19-13(9-21-15)14(20)18-8-11-5-3-4-6-17-11/h3-6,9-10,12H,7-8,16H2,1-2H3,(H,18,20). The van der Waals surface area contributed by atoms with Crippen molar-refractivity contribution in [2.45, 2.75) is 32.9 Å². The molecule has 0 fully saturated rings. The molecule has 1 amide bonds. The Bertz CT molecular complexity index is 580. The highest BCUT2D eigenvalue weighted by atomic mass is 16.3. The number of carbonyl (C=O) groups is 1. The summed E-state index contributed by atoms with van der Waals surface area (Å²) in [5.74, 6) is 0.535. The van der Waals surface area contributed by atoms with Crippen LogP contribution in [0.2, 0.25) is 0 Å². The maximum absolute atomic E-state index is 12.0. The number of nitrogens with one attached hydrogen (secondary N) is 1. The van der Waals surface area contributed by atoms with E-state index in [1.165, 1.54) is 6.26 Å². The molecule has 6 heteroatoms. The van der Waals surface area contributed by atoms with Gasteiger partial charge in [-0.05, 0) is 24.5 Å². The number of hydrogen-bond acceptors (Lipinski definition) is 5. The molecular weight excluding hydrogens is 268 g/mol. The van der Waals surface area contributed by atoms with Gasteiger partial charge in [-0.25, -0.2) is 4.98 Å². The van der Waals surface area contributed by atoms with Crippen molar-refractivity contribution >= 4 is 5.91 Å². The molecule has 1 unspecified atom stereocenters. The van der Waals surface area contributed by atoms with Crippen LogP contribution < -0.4 is 11.1 Å². The number of aromatic nitrogens is 2. The predicted molar refractivity (Wildman–Crippen MR) is 78.3 cm³/mol. The minimum absolute atomic E-state index is 0.236. The first kappa shape index (κ1) is 15.2. The van der Waals surface area contributed by atoms with E-state index in [-0.39, 0.29) is 17.6 Å². The van der Waals surface area contributed by atoms with E-state index >= 15 is 0 Å². The highest BCUT2D eigenvalue weighted by Crippen LogP contribution is 2.18. The molecule has 0 aliphatic rings. The maximum atomic E-state index is 12.0. The third-order valence-corrected chi connectivity index (χ3v) is 2.95. The monoisotopic (exact) mass is 288 g/mol. The number of nitrogens with two attached hydrogens (primary N) is 1.